The summed E-state index contributed by atoms with van der Waals surface area (Å²) >= 11 is 0. The quantitative estimate of drug-likeness (QED) is 0.0371. The molecule has 0 saturated carbocycles. The number of nitrogens with two attached hydrogens (primary N) is 6. The standard InChI is InChI=1S/6CH3N5.2NO3.Zn/c6*2-6-1-3-4-5-6;2*2-1(3)4;/h6*1H,2H2;;;/q;;;;;;2*-1;+2. The van der Waals surface area contributed by atoms with Crippen LogP contribution in [0.5, 0.6) is 0 Å². The number of rotatable bonds is 0. The Bertz CT molecular complexity index is 1090. The maximum Gasteiger partial charge on any atom is 2.00 e. The molecule has 0 radical (unpaired) electrons. The first-order chi connectivity index (χ1) is 20.8. The van der Waals surface area contributed by atoms with Crippen molar-refractivity contribution in [2.45, 2.75) is 0 Å². The van der Waals surface area contributed by atoms with Gasteiger partial charge in [-0.15, -0.1) is 59.3 Å². The van der Waals surface area contributed by atoms with Crippen LogP contribution in [0.2, 0.25) is 0 Å². The molecule has 38 nitrogen and oxygen atoms in total. The summed E-state index contributed by atoms with van der Waals surface area (Å²) in [7, 11) is 0. The van der Waals surface area contributed by atoms with Crippen molar-refractivity contribution >= 4 is 0 Å². The van der Waals surface area contributed by atoms with Gasteiger partial charge < -0.3 is 65.7 Å². The van der Waals surface area contributed by atoms with Gasteiger partial charge in [0.25, 0.3) is 0 Å². The molecule has 0 aliphatic carbocycles. The summed E-state index contributed by atoms with van der Waals surface area (Å²) in [5, 5.41) is 87.8. The van der Waals surface area contributed by atoms with Crippen LogP contribution in [0.1, 0.15) is 0 Å². The van der Waals surface area contributed by atoms with Gasteiger partial charge in [0.1, 0.15) is 0 Å². The molecule has 0 amide bonds. The van der Waals surface area contributed by atoms with E-state index in [1.807, 2.05) is 0 Å². The largest absolute Gasteiger partial charge is 2.00 e. The molecule has 0 aliphatic heterocycles. The fourth-order valence-electron chi connectivity index (χ4n) is 1.01. The average molecular weight is 700 g/mol. The van der Waals surface area contributed by atoms with Crippen molar-refractivity contribution in [1.82, 2.24) is 122 Å². The van der Waals surface area contributed by atoms with Crippen molar-refractivity contribution in [1.29, 1.82) is 0 Å². The summed E-state index contributed by atoms with van der Waals surface area (Å²) < 4.78 is 0. The molecule has 6 aromatic rings. The first-order valence-electron chi connectivity index (χ1n) is 9.34. The Hall–Kier alpha value is -7.76. The molecule has 0 saturated heterocycles. The molecule has 45 heavy (non-hydrogen) atoms. The van der Waals surface area contributed by atoms with Crippen molar-refractivity contribution in [3.05, 3.63) is 68.6 Å². The number of nitrogens with zero attached hydrogens (tertiary/aromatic N) is 26. The van der Waals surface area contributed by atoms with E-state index in [1.165, 1.54) is 38.0 Å². The van der Waals surface area contributed by atoms with E-state index in [2.05, 4.69) is 93.2 Å². The molecular formula is C6H18N32O6Zn. The number of tetrazole rings is 6. The maximum atomic E-state index is 8.25. The zero-order valence-electron chi connectivity index (χ0n) is 21.7. The average Bonchev–Trinajstić information content (AvgIpc) is 3.76. The molecule has 39 heteroatoms. The SMILES string of the molecule is Nn1cnnn1.Nn1cnnn1.Nn1cnnn1.Nn1cnnn1.Nn1cnnn1.Nn1cnnn1.O=[N+]([O-])[O-].O=[N+]([O-])[O-].[Zn+2]. The van der Waals surface area contributed by atoms with Crippen molar-refractivity contribution < 1.29 is 29.7 Å². The van der Waals surface area contributed by atoms with Gasteiger partial charge >= 0.3 is 19.5 Å². The van der Waals surface area contributed by atoms with Crippen LogP contribution in [0.3, 0.4) is 0 Å². The van der Waals surface area contributed by atoms with E-state index in [9.17, 15) is 0 Å². The van der Waals surface area contributed by atoms with Gasteiger partial charge in [0.2, 0.25) is 0 Å². The molecule has 0 atom stereocenters. The summed E-state index contributed by atoms with van der Waals surface area (Å²) in [5.41, 5.74) is 0. The zero-order valence-corrected chi connectivity index (χ0v) is 24.7. The number of aromatic nitrogens is 24. The van der Waals surface area contributed by atoms with E-state index in [0.29, 0.717) is 0 Å². The van der Waals surface area contributed by atoms with Crippen LogP contribution in [-0.4, -0.2) is 132 Å². The summed E-state index contributed by atoms with van der Waals surface area (Å²) in [6.45, 7) is 0. The minimum Gasteiger partial charge on any atom is -0.356 e. The minimum absolute atomic E-state index is 0. The monoisotopic (exact) mass is 698 g/mol. The molecule has 0 fully saturated rings. The van der Waals surface area contributed by atoms with E-state index < -0.39 is 10.2 Å². The van der Waals surface area contributed by atoms with E-state index in [-0.39, 0.29) is 19.5 Å². The Morgan fingerprint density at radius 1 is 0.378 bits per heavy atom. The van der Waals surface area contributed by atoms with Gasteiger partial charge in [-0.2, -0.15) is 0 Å². The van der Waals surface area contributed by atoms with Crippen molar-refractivity contribution in [3.63, 3.8) is 0 Å². The zero-order chi connectivity index (χ0) is 33.6. The summed E-state index contributed by atoms with van der Waals surface area (Å²) in [6.07, 6.45) is 7.83. The van der Waals surface area contributed by atoms with Crippen LogP contribution in [0, 0.1) is 30.6 Å². The number of hydrogen-bond donors (Lipinski definition) is 6. The van der Waals surface area contributed by atoms with Gasteiger partial charge in [-0.05, 0) is 62.6 Å². The van der Waals surface area contributed by atoms with Gasteiger partial charge in [-0.3, -0.25) is 0 Å². The third-order valence-electron chi connectivity index (χ3n) is 2.19. The van der Waals surface area contributed by atoms with Crippen LogP contribution in [0.25, 0.3) is 0 Å². The molecule has 0 aromatic carbocycles. The molecular weight excluding hydrogens is 682 g/mol. The molecule has 240 valence electrons. The third-order valence-corrected chi connectivity index (χ3v) is 2.19. The van der Waals surface area contributed by atoms with Gasteiger partial charge in [0.05, 0.1) is 10.2 Å². The maximum absolute atomic E-state index is 8.25. The van der Waals surface area contributed by atoms with Gasteiger partial charge in [0.15, 0.2) is 38.0 Å². The molecule has 6 aromatic heterocycles. The first-order valence-corrected chi connectivity index (χ1v) is 9.34. The fraction of sp³-hybridized carbons (Fsp3) is 0. The summed E-state index contributed by atoms with van der Waals surface area (Å²) in [5.74, 6) is 29.7. The van der Waals surface area contributed by atoms with Gasteiger partial charge in [-0.25, -0.2) is 0 Å². The molecule has 0 bridgehead atoms. The molecule has 0 unspecified atom stereocenters. The molecule has 6 heterocycles. The Labute approximate surface area is 255 Å². The Balaban J connectivity index is -0.000000449. The van der Waals surface area contributed by atoms with E-state index in [4.69, 9.17) is 65.7 Å². The van der Waals surface area contributed by atoms with E-state index >= 15 is 0 Å². The fourth-order valence-corrected chi connectivity index (χ4v) is 1.01. The first kappa shape index (κ1) is 41.7. The third kappa shape index (κ3) is 36.2. The summed E-state index contributed by atoms with van der Waals surface area (Å²) in [4.78, 5) is 22.7. The Kier molecular flexibility index (Phi) is 25.8. The van der Waals surface area contributed by atoms with E-state index in [0.717, 1.165) is 28.7 Å². The van der Waals surface area contributed by atoms with Crippen LogP contribution in [0.15, 0.2) is 38.0 Å². The second kappa shape index (κ2) is 27.8. The van der Waals surface area contributed by atoms with E-state index in [1.54, 1.807) is 0 Å². The van der Waals surface area contributed by atoms with Crippen LogP contribution < -0.4 is 35.1 Å². The minimum atomic E-state index is -1.75. The molecule has 12 N–H and O–H groups in total. The van der Waals surface area contributed by atoms with Gasteiger partial charge in [0, 0.05) is 0 Å². The Morgan fingerprint density at radius 2 is 0.489 bits per heavy atom. The second-order valence-electron chi connectivity index (χ2n) is 5.19. The normalized spacial score (nSPS) is 8.00. The van der Waals surface area contributed by atoms with Crippen LogP contribution in [-0.2, 0) is 19.5 Å². The van der Waals surface area contributed by atoms with Crippen LogP contribution in [0.4, 0.5) is 0 Å². The second-order valence-corrected chi connectivity index (χ2v) is 5.19. The smallest absolute Gasteiger partial charge is 0.356 e. The predicted octanol–water partition coefficient (Wildman–Crippen LogP) is -10.2. The number of nitrogen functional groups attached to an aromatic ring is 6. The van der Waals surface area contributed by atoms with Crippen molar-refractivity contribution in [2.75, 3.05) is 35.1 Å². The molecule has 0 aliphatic rings. The topological polar surface area (TPSA) is 550 Å². The van der Waals surface area contributed by atoms with Crippen LogP contribution >= 0.6 is 0 Å². The molecule has 0 spiro atoms. The molecule has 6 rings (SSSR count). The van der Waals surface area contributed by atoms with Crippen molar-refractivity contribution in [3.8, 4) is 0 Å². The summed E-state index contributed by atoms with van der Waals surface area (Å²) in [6, 6.07) is 0. The predicted molar refractivity (Wildman–Crippen MR) is 129 cm³/mol. The van der Waals surface area contributed by atoms with Crippen molar-refractivity contribution in [2.24, 2.45) is 0 Å². The number of hydrogen-bond acceptors (Lipinski definition) is 30. The Morgan fingerprint density at radius 3 is 0.511 bits per heavy atom. The van der Waals surface area contributed by atoms with Gasteiger partial charge in [-0.1, -0.05) is 0 Å².